The molecule has 0 saturated carbocycles. The fraction of sp³-hybridized carbons (Fsp3) is 0.250. The van der Waals surface area contributed by atoms with Gasteiger partial charge in [0.1, 0.15) is 18.5 Å². The molecule has 1 aromatic heterocycles. The van der Waals surface area contributed by atoms with Gasteiger partial charge in [0.15, 0.2) is 0 Å². The van der Waals surface area contributed by atoms with Crippen LogP contribution in [-0.4, -0.2) is 32.1 Å². The van der Waals surface area contributed by atoms with Crippen molar-refractivity contribution in [1.82, 2.24) is 19.7 Å². The van der Waals surface area contributed by atoms with Gasteiger partial charge < -0.3 is 4.90 Å². The van der Waals surface area contributed by atoms with Crippen molar-refractivity contribution < 1.29 is 9.18 Å². The zero-order valence-corrected chi connectivity index (χ0v) is 14.3. The van der Waals surface area contributed by atoms with Gasteiger partial charge in [-0.15, -0.1) is 10.2 Å². The van der Waals surface area contributed by atoms with Crippen molar-refractivity contribution in [1.29, 1.82) is 0 Å². The van der Waals surface area contributed by atoms with Crippen molar-refractivity contribution in [3.63, 3.8) is 0 Å². The van der Waals surface area contributed by atoms with Crippen molar-refractivity contribution in [2.45, 2.75) is 25.3 Å². The number of likely N-dealkylation sites (tertiary alicyclic amines) is 1. The molecule has 1 atom stereocenters. The Labute approximate surface area is 151 Å². The average molecular weight is 350 g/mol. The lowest BCUT2D eigenvalue weighted by atomic mass is 9.94. The Morgan fingerprint density at radius 2 is 1.81 bits per heavy atom. The van der Waals surface area contributed by atoms with Gasteiger partial charge in [-0.2, -0.15) is 0 Å². The summed E-state index contributed by atoms with van der Waals surface area (Å²) in [6, 6.07) is 13.9. The molecule has 132 valence electrons. The summed E-state index contributed by atoms with van der Waals surface area (Å²) in [4.78, 5) is 14.9. The molecule has 1 saturated heterocycles. The third-order valence-electron chi connectivity index (χ3n) is 4.83. The summed E-state index contributed by atoms with van der Waals surface area (Å²) >= 11 is 0. The van der Waals surface area contributed by atoms with Gasteiger partial charge in [0.2, 0.25) is 0 Å². The Hall–Kier alpha value is -3.02. The molecule has 3 aromatic rings. The molecule has 4 rings (SSSR count). The van der Waals surface area contributed by atoms with E-state index in [0.717, 1.165) is 30.5 Å². The molecule has 1 fully saturated rings. The van der Waals surface area contributed by atoms with E-state index < -0.39 is 0 Å². The Morgan fingerprint density at radius 1 is 1.04 bits per heavy atom. The summed E-state index contributed by atoms with van der Waals surface area (Å²) < 4.78 is 15.4. The van der Waals surface area contributed by atoms with Crippen LogP contribution in [0.1, 0.15) is 41.2 Å². The maximum absolute atomic E-state index is 13.6. The molecule has 1 aliphatic rings. The lowest BCUT2D eigenvalue weighted by molar-refractivity contribution is 0.0611. The normalized spacial score (nSPS) is 17.3. The number of carbonyl (C=O) groups excluding carboxylic acids is 1. The van der Waals surface area contributed by atoms with Crippen molar-refractivity contribution in [2.24, 2.45) is 0 Å². The molecule has 2 aromatic carbocycles. The van der Waals surface area contributed by atoms with Crippen molar-refractivity contribution in [2.75, 3.05) is 6.54 Å². The summed E-state index contributed by atoms with van der Waals surface area (Å²) in [5.74, 6) is -0.284. The second-order valence-electron chi connectivity index (χ2n) is 6.48. The SMILES string of the molecule is O=C(c1ccc(-n2cnnc2)cc1)N1CCCC[C@@H]1c1cccc(F)c1. The number of rotatable bonds is 3. The van der Waals surface area contributed by atoms with Gasteiger partial charge in [-0.3, -0.25) is 9.36 Å². The molecule has 5 nitrogen and oxygen atoms in total. The highest BCUT2D eigenvalue weighted by atomic mass is 19.1. The quantitative estimate of drug-likeness (QED) is 0.722. The number of aromatic nitrogens is 3. The van der Waals surface area contributed by atoms with Crippen molar-refractivity contribution in [3.05, 3.63) is 78.1 Å². The third kappa shape index (κ3) is 3.22. The largest absolute Gasteiger partial charge is 0.332 e. The van der Waals surface area contributed by atoms with E-state index in [4.69, 9.17) is 0 Å². The highest BCUT2D eigenvalue weighted by Crippen LogP contribution is 2.32. The summed E-state index contributed by atoms with van der Waals surface area (Å²) in [5.41, 5.74) is 2.39. The van der Waals surface area contributed by atoms with E-state index >= 15 is 0 Å². The number of benzene rings is 2. The van der Waals surface area contributed by atoms with Gasteiger partial charge in [0.05, 0.1) is 6.04 Å². The molecule has 1 aliphatic heterocycles. The minimum Gasteiger partial charge on any atom is -0.332 e. The molecule has 2 heterocycles. The highest BCUT2D eigenvalue weighted by molar-refractivity contribution is 5.94. The molecule has 0 radical (unpaired) electrons. The van der Waals surface area contributed by atoms with Crippen LogP contribution in [0.5, 0.6) is 0 Å². The predicted octanol–water partition coefficient (Wildman–Crippen LogP) is 3.77. The average Bonchev–Trinajstić information content (AvgIpc) is 3.22. The van der Waals surface area contributed by atoms with Crippen LogP contribution >= 0.6 is 0 Å². The number of carbonyl (C=O) groups is 1. The summed E-state index contributed by atoms with van der Waals surface area (Å²) in [7, 11) is 0. The first-order valence-electron chi connectivity index (χ1n) is 8.74. The molecule has 1 amide bonds. The predicted molar refractivity (Wildman–Crippen MR) is 95.4 cm³/mol. The van der Waals surface area contributed by atoms with Crippen molar-refractivity contribution >= 4 is 5.91 Å². The van der Waals surface area contributed by atoms with Gasteiger partial charge >= 0.3 is 0 Å². The van der Waals surface area contributed by atoms with Crippen LogP contribution in [0.4, 0.5) is 4.39 Å². The first-order valence-corrected chi connectivity index (χ1v) is 8.74. The molecule has 0 unspecified atom stereocenters. The van der Waals surface area contributed by atoms with Crippen LogP contribution in [-0.2, 0) is 0 Å². The maximum Gasteiger partial charge on any atom is 0.254 e. The topological polar surface area (TPSA) is 51.0 Å². The van der Waals surface area contributed by atoms with E-state index in [2.05, 4.69) is 10.2 Å². The minimum absolute atomic E-state index is 0.0192. The van der Waals surface area contributed by atoms with E-state index in [-0.39, 0.29) is 17.8 Å². The minimum atomic E-state index is -0.265. The molecule has 0 spiro atoms. The summed E-state index contributed by atoms with van der Waals surface area (Å²) in [5, 5.41) is 7.57. The molecule has 26 heavy (non-hydrogen) atoms. The smallest absolute Gasteiger partial charge is 0.254 e. The van der Waals surface area contributed by atoms with E-state index in [9.17, 15) is 9.18 Å². The van der Waals surface area contributed by atoms with Gasteiger partial charge in [-0.05, 0) is 61.2 Å². The summed E-state index contributed by atoms with van der Waals surface area (Å²) in [6.45, 7) is 0.688. The zero-order valence-electron chi connectivity index (χ0n) is 14.3. The Bertz CT molecular complexity index is 892. The van der Waals surface area contributed by atoms with Gasteiger partial charge in [-0.25, -0.2) is 4.39 Å². The molecule has 6 heteroatoms. The van der Waals surface area contributed by atoms with Gasteiger partial charge in [0.25, 0.3) is 5.91 Å². The summed E-state index contributed by atoms with van der Waals surface area (Å²) in [6.07, 6.45) is 6.09. The Balaban J connectivity index is 1.59. The van der Waals surface area contributed by atoms with Gasteiger partial charge in [0, 0.05) is 17.8 Å². The van der Waals surface area contributed by atoms with E-state index in [0.29, 0.717) is 12.1 Å². The van der Waals surface area contributed by atoms with E-state index in [1.54, 1.807) is 23.3 Å². The molecule has 0 bridgehead atoms. The van der Waals surface area contributed by atoms with E-state index in [1.165, 1.54) is 12.1 Å². The van der Waals surface area contributed by atoms with Crippen LogP contribution in [0.2, 0.25) is 0 Å². The zero-order chi connectivity index (χ0) is 17.9. The maximum atomic E-state index is 13.6. The fourth-order valence-electron chi connectivity index (χ4n) is 3.51. The van der Waals surface area contributed by atoms with Crippen LogP contribution in [0.3, 0.4) is 0 Å². The number of hydrogen-bond acceptors (Lipinski definition) is 3. The standard InChI is InChI=1S/C20H19FN4O/c21-17-5-3-4-16(12-17)19-6-1-2-11-25(19)20(26)15-7-9-18(10-8-15)24-13-22-23-14-24/h3-5,7-10,12-14,19H,1-2,6,11H2/t19-/m1/s1. The number of nitrogens with zero attached hydrogens (tertiary/aromatic N) is 4. The number of amides is 1. The first kappa shape index (κ1) is 16.4. The van der Waals surface area contributed by atoms with Gasteiger partial charge in [-0.1, -0.05) is 12.1 Å². The lowest BCUT2D eigenvalue weighted by Gasteiger charge is -2.36. The highest BCUT2D eigenvalue weighted by Gasteiger charge is 2.28. The van der Waals surface area contributed by atoms with Crippen LogP contribution in [0, 0.1) is 5.82 Å². The lowest BCUT2D eigenvalue weighted by Crippen LogP contribution is -2.38. The van der Waals surface area contributed by atoms with Crippen LogP contribution < -0.4 is 0 Å². The first-order chi connectivity index (χ1) is 12.7. The van der Waals surface area contributed by atoms with Crippen LogP contribution in [0.15, 0.2) is 61.2 Å². The molecular formula is C20H19FN4O. The second kappa shape index (κ2) is 7.07. The third-order valence-corrected chi connectivity index (χ3v) is 4.83. The number of piperidine rings is 1. The Morgan fingerprint density at radius 3 is 2.54 bits per heavy atom. The van der Waals surface area contributed by atoms with Crippen molar-refractivity contribution in [3.8, 4) is 5.69 Å². The second-order valence-corrected chi connectivity index (χ2v) is 6.48. The molecule has 0 N–H and O–H groups in total. The number of halogens is 1. The monoisotopic (exact) mass is 350 g/mol. The number of hydrogen-bond donors (Lipinski definition) is 0. The fourth-order valence-corrected chi connectivity index (χ4v) is 3.51. The van der Waals surface area contributed by atoms with E-state index in [1.807, 2.05) is 35.2 Å². The van der Waals surface area contributed by atoms with Crippen LogP contribution in [0.25, 0.3) is 5.69 Å². The molecule has 0 aliphatic carbocycles. The Kier molecular flexibility index (Phi) is 4.48. The molecular weight excluding hydrogens is 331 g/mol.